The Kier molecular flexibility index (Phi) is 4.50. The number of hydrogen-bond donors (Lipinski definition) is 1. The molecule has 5 heteroatoms. The predicted octanol–water partition coefficient (Wildman–Crippen LogP) is 2.62. The van der Waals surface area contributed by atoms with Crippen LogP contribution in [0.1, 0.15) is 29.9 Å². The molecule has 0 spiro atoms. The molecule has 0 radical (unpaired) electrons. The molecule has 2 unspecified atom stereocenters. The maximum absolute atomic E-state index is 11.5. The summed E-state index contributed by atoms with van der Waals surface area (Å²) in [6.45, 7) is 6.05. The van der Waals surface area contributed by atoms with Crippen LogP contribution in [0.4, 0.5) is 0 Å². The van der Waals surface area contributed by atoms with E-state index >= 15 is 0 Å². The Morgan fingerprint density at radius 3 is 2.87 bits per heavy atom. The quantitative estimate of drug-likeness (QED) is 0.943. The van der Waals surface area contributed by atoms with E-state index < -0.39 is 5.43 Å². The van der Waals surface area contributed by atoms with E-state index in [1.807, 2.05) is 12.1 Å². The van der Waals surface area contributed by atoms with Gasteiger partial charge in [0.2, 0.25) is 5.43 Å². The van der Waals surface area contributed by atoms with E-state index in [0.29, 0.717) is 18.9 Å². The number of benzene rings is 1. The largest absolute Gasteiger partial charge is 0.502 e. The van der Waals surface area contributed by atoms with Crippen LogP contribution in [0.5, 0.6) is 5.75 Å². The zero-order valence-electron chi connectivity index (χ0n) is 13.4. The molecule has 2 aromatic rings. The van der Waals surface area contributed by atoms with Gasteiger partial charge in [-0.1, -0.05) is 24.3 Å². The normalized spacial score (nSPS) is 22.2. The van der Waals surface area contributed by atoms with Crippen molar-refractivity contribution in [2.75, 3.05) is 13.2 Å². The van der Waals surface area contributed by atoms with Gasteiger partial charge in [0.05, 0.1) is 19.3 Å². The van der Waals surface area contributed by atoms with Crippen LogP contribution in [0.3, 0.4) is 0 Å². The Balaban J connectivity index is 1.77. The number of aromatic hydroxyl groups is 1. The number of morpholine rings is 1. The molecular formula is C18H21NO4. The van der Waals surface area contributed by atoms with Gasteiger partial charge in [-0.25, -0.2) is 0 Å². The lowest BCUT2D eigenvalue weighted by Gasteiger charge is -2.38. The second-order valence-electron chi connectivity index (χ2n) is 6.05. The summed E-state index contributed by atoms with van der Waals surface area (Å²) in [5, 5.41) is 9.28. The van der Waals surface area contributed by atoms with E-state index in [4.69, 9.17) is 9.15 Å². The van der Waals surface area contributed by atoms with Gasteiger partial charge < -0.3 is 14.3 Å². The van der Waals surface area contributed by atoms with Crippen LogP contribution < -0.4 is 5.43 Å². The van der Waals surface area contributed by atoms with Gasteiger partial charge in [-0.2, -0.15) is 0 Å². The molecule has 23 heavy (non-hydrogen) atoms. The smallest absolute Gasteiger partial charge is 0.226 e. The molecule has 1 aliphatic heterocycles. The third kappa shape index (κ3) is 3.46. The molecule has 2 atom stereocenters. The first-order chi connectivity index (χ1) is 11.0. The molecule has 0 aliphatic carbocycles. The van der Waals surface area contributed by atoms with E-state index in [2.05, 4.69) is 30.9 Å². The molecule has 0 bridgehead atoms. The van der Waals surface area contributed by atoms with Crippen LogP contribution in [0.25, 0.3) is 0 Å². The van der Waals surface area contributed by atoms with Crippen molar-refractivity contribution < 1.29 is 14.3 Å². The molecular weight excluding hydrogens is 294 g/mol. The first-order valence-electron chi connectivity index (χ1n) is 7.76. The Bertz CT molecular complexity index is 740. The molecule has 5 nitrogen and oxygen atoms in total. The summed E-state index contributed by atoms with van der Waals surface area (Å²) in [6, 6.07) is 9.80. The van der Waals surface area contributed by atoms with Crippen molar-refractivity contribution in [2.24, 2.45) is 0 Å². The average molecular weight is 315 g/mol. The second-order valence-corrected chi connectivity index (χ2v) is 6.05. The monoisotopic (exact) mass is 315 g/mol. The molecule has 122 valence electrons. The van der Waals surface area contributed by atoms with Gasteiger partial charge in [0.15, 0.2) is 5.75 Å². The van der Waals surface area contributed by atoms with E-state index in [-0.39, 0.29) is 17.9 Å². The topological polar surface area (TPSA) is 62.9 Å². The molecule has 1 aromatic heterocycles. The fourth-order valence-corrected chi connectivity index (χ4v) is 2.89. The molecule has 1 saturated heterocycles. The minimum Gasteiger partial charge on any atom is -0.502 e. The SMILES string of the molecule is Cc1ccccc1C1CN(Cc2cc(=O)c(O)co2)C(C)CO1. The Labute approximate surface area is 135 Å². The third-order valence-electron chi connectivity index (χ3n) is 4.32. The maximum atomic E-state index is 11.5. The zero-order chi connectivity index (χ0) is 16.4. The highest BCUT2D eigenvalue weighted by Crippen LogP contribution is 2.28. The highest BCUT2D eigenvalue weighted by Gasteiger charge is 2.28. The Morgan fingerprint density at radius 1 is 1.35 bits per heavy atom. The zero-order valence-corrected chi connectivity index (χ0v) is 13.4. The van der Waals surface area contributed by atoms with Gasteiger partial charge in [-0.05, 0) is 25.0 Å². The van der Waals surface area contributed by atoms with Gasteiger partial charge in [0, 0.05) is 18.7 Å². The first kappa shape index (κ1) is 15.8. The number of aryl methyl sites for hydroxylation is 1. The molecule has 0 saturated carbocycles. The first-order valence-corrected chi connectivity index (χ1v) is 7.76. The molecule has 0 amide bonds. The lowest BCUT2D eigenvalue weighted by molar-refractivity contribution is -0.0654. The highest BCUT2D eigenvalue weighted by molar-refractivity contribution is 5.28. The molecule has 3 rings (SSSR count). The number of hydrogen-bond acceptors (Lipinski definition) is 5. The molecule has 1 aromatic carbocycles. The van der Waals surface area contributed by atoms with Crippen molar-refractivity contribution in [1.82, 2.24) is 4.90 Å². The fourth-order valence-electron chi connectivity index (χ4n) is 2.89. The standard InChI is InChI=1S/C18H21NO4/c1-12-5-3-4-6-15(12)18-9-19(13(2)10-23-18)8-14-7-16(20)17(21)11-22-14/h3-7,11,13,18,21H,8-10H2,1-2H3. The summed E-state index contributed by atoms with van der Waals surface area (Å²) in [4.78, 5) is 13.8. The fraction of sp³-hybridized carbons (Fsp3) is 0.389. The van der Waals surface area contributed by atoms with Gasteiger partial charge >= 0.3 is 0 Å². The summed E-state index contributed by atoms with van der Waals surface area (Å²) in [7, 11) is 0. The van der Waals surface area contributed by atoms with Crippen molar-refractivity contribution in [3.05, 3.63) is 63.7 Å². The third-order valence-corrected chi connectivity index (χ3v) is 4.32. The van der Waals surface area contributed by atoms with Gasteiger partial charge in [0.25, 0.3) is 0 Å². The van der Waals surface area contributed by atoms with E-state index in [1.165, 1.54) is 17.2 Å². The van der Waals surface area contributed by atoms with Gasteiger partial charge in [-0.15, -0.1) is 0 Å². The number of nitrogens with zero attached hydrogens (tertiary/aromatic N) is 1. The van der Waals surface area contributed by atoms with Crippen molar-refractivity contribution in [2.45, 2.75) is 32.5 Å². The minimum atomic E-state index is -0.414. The summed E-state index contributed by atoms with van der Waals surface area (Å²) in [5.74, 6) is 0.187. The van der Waals surface area contributed by atoms with Crippen molar-refractivity contribution in [3.63, 3.8) is 0 Å². The average Bonchev–Trinajstić information content (AvgIpc) is 2.54. The molecule has 2 heterocycles. The van der Waals surface area contributed by atoms with E-state index in [0.717, 1.165) is 12.8 Å². The Morgan fingerprint density at radius 2 is 2.13 bits per heavy atom. The molecule has 1 fully saturated rings. The lowest BCUT2D eigenvalue weighted by Crippen LogP contribution is -2.44. The van der Waals surface area contributed by atoms with Crippen LogP contribution in [0.15, 0.2) is 45.8 Å². The van der Waals surface area contributed by atoms with Crippen LogP contribution in [0.2, 0.25) is 0 Å². The predicted molar refractivity (Wildman–Crippen MR) is 86.4 cm³/mol. The van der Waals surface area contributed by atoms with Crippen LogP contribution in [-0.4, -0.2) is 29.2 Å². The van der Waals surface area contributed by atoms with Crippen LogP contribution >= 0.6 is 0 Å². The van der Waals surface area contributed by atoms with Crippen molar-refractivity contribution in [1.29, 1.82) is 0 Å². The molecule has 1 aliphatic rings. The van der Waals surface area contributed by atoms with Gasteiger partial charge in [0.1, 0.15) is 12.0 Å². The van der Waals surface area contributed by atoms with Crippen LogP contribution in [-0.2, 0) is 11.3 Å². The minimum absolute atomic E-state index is 0.0104. The van der Waals surface area contributed by atoms with Crippen molar-refractivity contribution in [3.8, 4) is 5.75 Å². The van der Waals surface area contributed by atoms with E-state index in [1.54, 1.807) is 0 Å². The summed E-state index contributed by atoms with van der Waals surface area (Å²) >= 11 is 0. The highest BCUT2D eigenvalue weighted by atomic mass is 16.5. The van der Waals surface area contributed by atoms with Crippen LogP contribution in [0, 0.1) is 6.92 Å². The summed E-state index contributed by atoms with van der Waals surface area (Å²) < 4.78 is 11.3. The van der Waals surface area contributed by atoms with Crippen molar-refractivity contribution >= 4 is 0 Å². The maximum Gasteiger partial charge on any atom is 0.226 e. The number of rotatable bonds is 3. The molecule has 1 N–H and O–H groups in total. The summed E-state index contributed by atoms with van der Waals surface area (Å²) in [6.07, 6.45) is 1.11. The second kappa shape index (κ2) is 6.56. The summed E-state index contributed by atoms with van der Waals surface area (Å²) in [5.41, 5.74) is 1.99. The lowest BCUT2D eigenvalue weighted by atomic mass is 10.0. The Hall–Kier alpha value is -2.11. The van der Waals surface area contributed by atoms with Gasteiger partial charge in [-0.3, -0.25) is 9.69 Å². The number of ether oxygens (including phenoxy) is 1. The van der Waals surface area contributed by atoms with E-state index in [9.17, 15) is 9.90 Å².